The van der Waals surface area contributed by atoms with Crippen LogP contribution < -0.4 is 0 Å². The van der Waals surface area contributed by atoms with Crippen molar-refractivity contribution in [2.45, 2.75) is 0 Å². The fourth-order valence-electron chi connectivity index (χ4n) is 0.937. The van der Waals surface area contributed by atoms with Gasteiger partial charge in [-0.25, -0.2) is 0 Å². The summed E-state index contributed by atoms with van der Waals surface area (Å²) in [5.74, 6) is -1.21. The van der Waals surface area contributed by atoms with E-state index in [2.05, 4.69) is 0 Å². The van der Waals surface area contributed by atoms with E-state index in [1.807, 2.05) is 0 Å². The predicted molar refractivity (Wildman–Crippen MR) is 48.4 cm³/mol. The SMILES string of the molecule is [NH-]C(=O)c1cc([N+](=O)[O-])cc([N+](=O)[O-])c1.[Y].[Y]. The van der Waals surface area contributed by atoms with Gasteiger partial charge in [-0.1, -0.05) is 0 Å². The zero-order valence-corrected chi connectivity index (χ0v) is 14.0. The molecule has 1 aromatic rings. The van der Waals surface area contributed by atoms with E-state index in [4.69, 9.17) is 5.73 Å². The number of benzene rings is 1. The summed E-state index contributed by atoms with van der Waals surface area (Å²) in [6.07, 6.45) is 0. The summed E-state index contributed by atoms with van der Waals surface area (Å²) in [6.45, 7) is 0. The third-order valence-corrected chi connectivity index (χ3v) is 1.59. The monoisotopic (exact) mass is 388 g/mol. The summed E-state index contributed by atoms with van der Waals surface area (Å²) in [4.78, 5) is 29.6. The average molecular weight is 388 g/mol. The minimum atomic E-state index is -1.21. The minimum absolute atomic E-state index is 0. The number of nitro benzene ring substituents is 2. The molecule has 2 radical (unpaired) electrons. The quantitative estimate of drug-likeness (QED) is 0.575. The summed E-state index contributed by atoms with van der Waals surface area (Å²) in [7, 11) is 0. The molecular formula is C7H4N3O5Y2-. The van der Waals surface area contributed by atoms with Crippen LogP contribution in [0.2, 0.25) is 0 Å². The second-order valence-corrected chi connectivity index (χ2v) is 2.58. The van der Waals surface area contributed by atoms with E-state index in [1.54, 1.807) is 0 Å². The van der Waals surface area contributed by atoms with Gasteiger partial charge in [0.05, 0.1) is 21.8 Å². The van der Waals surface area contributed by atoms with Crippen LogP contribution in [0.3, 0.4) is 0 Å². The second-order valence-electron chi connectivity index (χ2n) is 2.58. The minimum Gasteiger partial charge on any atom is -0.664 e. The molecule has 10 heteroatoms. The standard InChI is InChI=1S/C7H5N3O5.2Y/c8-7(11)4-1-5(9(12)13)3-6(2-4)10(14)15;;/h1-3H,(H2,8,11);;/p-1. The normalized spacial score (nSPS) is 8.47. The largest absolute Gasteiger partial charge is 0.664 e. The van der Waals surface area contributed by atoms with Crippen LogP contribution >= 0.6 is 0 Å². The molecule has 0 saturated carbocycles. The first-order valence-electron chi connectivity index (χ1n) is 3.61. The average Bonchev–Trinajstić information content (AvgIpc) is 2.16. The maximum Gasteiger partial charge on any atom is 0.276 e. The summed E-state index contributed by atoms with van der Waals surface area (Å²) in [5.41, 5.74) is 5.16. The van der Waals surface area contributed by atoms with Crippen molar-refractivity contribution in [3.63, 3.8) is 0 Å². The molecule has 0 aromatic heterocycles. The maximum atomic E-state index is 10.6. The van der Waals surface area contributed by atoms with Crippen molar-refractivity contribution in [2.75, 3.05) is 0 Å². The molecule has 17 heavy (non-hydrogen) atoms. The number of nitro groups is 2. The van der Waals surface area contributed by atoms with Crippen molar-refractivity contribution in [2.24, 2.45) is 0 Å². The van der Waals surface area contributed by atoms with Crippen molar-refractivity contribution in [1.82, 2.24) is 0 Å². The molecular weight excluding hydrogens is 384 g/mol. The van der Waals surface area contributed by atoms with Crippen molar-refractivity contribution < 1.29 is 80.1 Å². The molecule has 8 nitrogen and oxygen atoms in total. The molecule has 0 aliphatic carbocycles. The number of rotatable bonds is 3. The molecule has 1 amide bonds. The number of hydrogen-bond acceptors (Lipinski definition) is 5. The van der Waals surface area contributed by atoms with Gasteiger partial charge in [0.1, 0.15) is 0 Å². The molecule has 0 heterocycles. The van der Waals surface area contributed by atoms with Gasteiger partial charge < -0.3 is 10.5 Å². The molecule has 0 atom stereocenters. The number of carbonyl (C=O) groups excluding carboxylic acids is 1. The van der Waals surface area contributed by atoms with Crippen LogP contribution in [-0.2, 0) is 65.4 Å². The first-order chi connectivity index (χ1) is 6.91. The summed E-state index contributed by atoms with van der Waals surface area (Å²) in [5, 5.41) is 20.7. The molecule has 0 aliphatic rings. The zero-order valence-electron chi connectivity index (χ0n) is 8.32. The number of nitrogens with zero attached hydrogens (tertiary/aromatic N) is 2. The van der Waals surface area contributed by atoms with Crippen LogP contribution in [0.5, 0.6) is 0 Å². The number of amides is 1. The van der Waals surface area contributed by atoms with Crippen LogP contribution in [0.4, 0.5) is 11.4 Å². The van der Waals surface area contributed by atoms with Crippen molar-refractivity contribution in [1.29, 1.82) is 0 Å². The second kappa shape index (κ2) is 7.92. The maximum absolute atomic E-state index is 10.6. The van der Waals surface area contributed by atoms with E-state index in [1.165, 1.54) is 0 Å². The van der Waals surface area contributed by atoms with Gasteiger partial charge in [0.25, 0.3) is 11.4 Å². The molecule has 0 bridgehead atoms. The molecule has 0 unspecified atom stereocenters. The van der Waals surface area contributed by atoms with Crippen LogP contribution in [0, 0.1) is 20.2 Å². The molecule has 0 fully saturated rings. The topological polar surface area (TPSA) is 127 Å². The predicted octanol–water partition coefficient (Wildman–Crippen LogP) is 1.69. The van der Waals surface area contributed by atoms with Gasteiger partial charge in [-0.2, -0.15) is 0 Å². The van der Waals surface area contributed by atoms with Gasteiger partial charge in [-0.3, -0.25) is 20.2 Å². The van der Waals surface area contributed by atoms with E-state index in [0.29, 0.717) is 0 Å². The van der Waals surface area contributed by atoms with E-state index in [-0.39, 0.29) is 71.0 Å². The molecule has 1 rings (SSSR count). The summed E-state index contributed by atoms with van der Waals surface area (Å²) in [6, 6.07) is 2.37. The van der Waals surface area contributed by atoms with Gasteiger partial charge >= 0.3 is 0 Å². The number of carbonyl (C=O) groups is 1. The Morgan fingerprint density at radius 2 is 1.35 bits per heavy atom. The van der Waals surface area contributed by atoms with Crippen LogP contribution in [0.1, 0.15) is 10.4 Å². The van der Waals surface area contributed by atoms with Crippen LogP contribution in [-0.4, -0.2) is 15.8 Å². The Balaban J connectivity index is 0. The van der Waals surface area contributed by atoms with E-state index < -0.39 is 27.1 Å². The number of non-ortho nitro benzene ring substituents is 2. The smallest absolute Gasteiger partial charge is 0.276 e. The Labute approximate surface area is 145 Å². The van der Waals surface area contributed by atoms with Crippen LogP contribution in [0.15, 0.2) is 18.2 Å². The molecule has 1 N–H and O–H groups in total. The van der Waals surface area contributed by atoms with Gasteiger partial charge in [0.2, 0.25) is 0 Å². The van der Waals surface area contributed by atoms with Crippen molar-refractivity contribution in [3.05, 3.63) is 49.7 Å². The molecule has 1 aromatic carbocycles. The van der Waals surface area contributed by atoms with Crippen molar-refractivity contribution in [3.8, 4) is 0 Å². The van der Waals surface area contributed by atoms with Gasteiger partial charge in [0.15, 0.2) is 0 Å². The van der Waals surface area contributed by atoms with E-state index in [9.17, 15) is 25.0 Å². The molecule has 0 aliphatic heterocycles. The van der Waals surface area contributed by atoms with Gasteiger partial charge in [0, 0.05) is 83.1 Å². The van der Waals surface area contributed by atoms with Crippen molar-refractivity contribution >= 4 is 17.3 Å². The fraction of sp³-hybridized carbons (Fsp3) is 0. The Kier molecular flexibility index (Phi) is 8.87. The first kappa shape index (κ1) is 19.0. The third-order valence-electron chi connectivity index (χ3n) is 1.59. The Morgan fingerprint density at radius 3 is 1.59 bits per heavy atom. The van der Waals surface area contributed by atoms with Crippen LogP contribution in [0.25, 0.3) is 5.73 Å². The first-order valence-corrected chi connectivity index (χ1v) is 3.61. The third kappa shape index (κ3) is 5.24. The fourth-order valence-corrected chi connectivity index (χ4v) is 0.937. The molecule has 0 saturated heterocycles. The summed E-state index contributed by atoms with van der Waals surface area (Å²) >= 11 is 0. The molecule has 84 valence electrons. The Morgan fingerprint density at radius 1 is 1.00 bits per heavy atom. The van der Waals surface area contributed by atoms with E-state index in [0.717, 1.165) is 18.2 Å². The number of nitrogens with one attached hydrogen (secondary N) is 1. The number of hydrogen-bond donors (Lipinski definition) is 0. The Bertz CT molecular complexity index is 386. The zero-order chi connectivity index (χ0) is 11.6. The Hall–Kier alpha value is -0.302. The van der Waals surface area contributed by atoms with E-state index >= 15 is 0 Å². The summed E-state index contributed by atoms with van der Waals surface area (Å²) < 4.78 is 0. The van der Waals surface area contributed by atoms with Gasteiger partial charge in [-0.15, -0.1) is 0 Å². The molecule has 0 spiro atoms. The van der Waals surface area contributed by atoms with Gasteiger partial charge in [-0.05, 0) is 0 Å².